The quantitative estimate of drug-likeness (QED) is 0.799. The van der Waals surface area contributed by atoms with E-state index in [1.54, 1.807) is 11.3 Å². The average molecular weight is 316 g/mol. The van der Waals surface area contributed by atoms with Crippen LogP contribution in [0.5, 0.6) is 0 Å². The van der Waals surface area contributed by atoms with Crippen LogP contribution in [0.2, 0.25) is 0 Å². The number of nitrogens with zero attached hydrogens (tertiary/aromatic N) is 2. The fourth-order valence-corrected chi connectivity index (χ4v) is 5.00. The SMILES string of the molecule is CCc1nc([C@H](C#N)C(=O)c2cc3c(s2)CCC3)sc1C. The third-order valence-electron chi connectivity index (χ3n) is 3.87. The van der Waals surface area contributed by atoms with Crippen LogP contribution in [-0.4, -0.2) is 10.8 Å². The van der Waals surface area contributed by atoms with Crippen molar-refractivity contribution in [1.29, 1.82) is 5.26 Å². The summed E-state index contributed by atoms with van der Waals surface area (Å²) in [5.74, 6) is -0.846. The van der Waals surface area contributed by atoms with Crippen LogP contribution in [0.1, 0.15) is 55.0 Å². The number of rotatable bonds is 4. The van der Waals surface area contributed by atoms with Gasteiger partial charge in [0.05, 0.1) is 16.6 Å². The van der Waals surface area contributed by atoms with Gasteiger partial charge in [-0.05, 0) is 44.2 Å². The Bertz CT molecular complexity index is 715. The Labute approximate surface area is 132 Å². The molecule has 0 spiro atoms. The summed E-state index contributed by atoms with van der Waals surface area (Å²) in [6.45, 7) is 4.04. The number of carbonyl (C=O) groups excluding carboxylic acids is 1. The maximum Gasteiger partial charge on any atom is 0.196 e. The third-order valence-corrected chi connectivity index (χ3v) is 6.20. The van der Waals surface area contributed by atoms with Gasteiger partial charge in [0, 0.05) is 9.75 Å². The molecule has 21 heavy (non-hydrogen) atoms. The van der Waals surface area contributed by atoms with E-state index in [0.717, 1.165) is 34.7 Å². The molecule has 1 aliphatic carbocycles. The van der Waals surface area contributed by atoms with Gasteiger partial charge in [0.1, 0.15) is 5.01 Å². The lowest BCUT2D eigenvalue weighted by molar-refractivity contribution is 0.0982. The highest BCUT2D eigenvalue weighted by Crippen LogP contribution is 2.34. The van der Waals surface area contributed by atoms with Gasteiger partial charge in [0.2, 0.25) is 0 Å². The minimum absolute atomic E-state index is 0.0895. The van der Waals surface area contributed by atoms with E-state index in [2.05, 4.69) is 11.1 Å². The Morgan fingerprint density at radius 3 is 2.90 bits per heavy atom. The largest absolute Gasteiger partial charge is 0.291 e. The zero-order valence-electron chi connectivity index (χ0n) is 12.1. The molecule has 2 heterocycles. The van der Waals surface area contributed by atoms with Crippen molar-refractivity contribution in [1.82, 2.24) is 4.98 Å². The van der Waals surface area contributed by atoms with Gasteiger partial charge in [0.15, 0.2) is 11.7 Å². The molecule has 0 amide bonds. The zero-order valence-corrected chi connectivity index (χ0v) is 13.7. The van der Waals surface area contributed by atoms with E-state index in [1.165, 1.54) is 28.2 Å². The molecule has 1 atom stereocenters. The van der Waals surface area contributed by atoms with Gasteiger partial charge in [-0.2, -0.15) is 5.26 Å². The Kier molecular flexibility index (Phi) is 3.92. The second kappa shape index (κ2) is 5.70. The number of aromatic nitrogens is 1. The Morgan fingerprint density at radius 1 is 1.48 bits per heavy atom. The first-order valence-electron chi connectivity index (χ1n) is 7.15. The average Bonchev–Trinajstić information content (AvgIpc) is 3.13. The normalized spacial score (nSPS) is 14.7. The molecule has 0 aliphatic heterocycles. The Balaban J connectivity index is 1.91. The maximum absolute atomic E-state index is 12.6. The van der Waals surface area contributed by atoms with E-state index in [4.69, 9.17) is 0 Å². The van der Waals surface area contributed by atoms with E-state index in [1.807, 2.05) is 19.9 Å². The summed E-state index contributed by atoms with van der Waals surface area (Å²) in [7, 11) is 0. The molecule has 0 saturated heterocycles. The minimum Gasteiger partial charge on any atom is -0.291 e. The number of hydrogen-bond acceptors (Lipinski definition) is 5. The van der Waals surface area contributed by atoms with E-state index in [9.17, 15) is 10.1 Å². The highest BCUT2D eigenvalue weighted by Gasteiger charge is 2.28. The van der Waals surface area contributed by atoms with Crippen LogP contribution >= 0.6 is 22.7 Å². The van der Waals surface area contributed by atoms with Crippen LogP contribution in [-0.2, 0) is 19.3 Å². The van der Waals surface area contributed by atoms with Crippen LogP contribution in [0.4, 0.5) is 0 Å². The van der Waals surface area contributed by atoms with Gasteiger partial charge in [-0.3, -0.25) is 4.79 Å². The lowest BCUT2D eigenvalue weighted by Gasteiger charge is -2.02. The van der Waals surface area contributed by atoms with Crippen molar-refractivity contribution in [2.24, 2.45) is 0 Å². The van der Waals surface area contributed by atoms with Crippen LogP contribution in [0, 0.1) is 18.3 Å². The highest BCUT2D eigenvalue weighted by atomic mass is 32.1. The minimum atomic E-state index is -0.757. The number of carbonyl (C=O) groups is 1. The predicted octanol–water partition coefficient (Wildman–Crippen LogP) is 4.05. The molecule has 0 N–H and O–H groups in total. The maximum atomic E-state index is 12.6. The van der Waals surface area contributed by atoms with Crippen molar-refractivity contribution in [2.75, 3.05) is 0 Å². The Hall–Kier alpha value is -1.51. The van der Waals surface area contributed by atoms with Crippen molar-refractivity contribution in [2.45, 2.75) is 45.4 Å². The summed E-state index contributed by atoms with van der Waals surface area (Å²) >= 11 is 3.04. The van der Waals surface area contributed by atoms with Crippen molar-refractivity contribution < 1.29 is 4.79 Å². The standard InChI is InChI=1S/C16H16N2OS2/c1-3-12-9(2)20-16(18-12)11(8-17)15(19)14-7-10-5-4-6-13(10)21-14/h7,11H,3-6H2,1-2H3/t11-/m1/s1. The van der Waals surface area contributed by atoms with Gasteiger partial charge in [-0.1, -0.05) is 6.92 Å². The van der Waals surface area contributed by atoms with Crippen LogP contribution in [0.3, 0.4) is 0 Å². The molecule has 2 aromatic rings. The molecule has 0 fully saturated rings. The second-order valence-corrected chi connectivity index (χ2v) is 7.62. The molecule has 0 saturated carbocycles. The van der Waals surface area contributed by atoms with Gasteiger partial charge < -0.3 is 0 Å². The molecule has 3 rings (SSSR count). The van der Waals surface area contributed by atoms with Crippen molar-refractivity contribution >= 4 is 28.5 Å². The molecule has 0 aromatic carbocycles. The number of aryl methyl sites for hydroxylation is 4. The lowest BCUT2D eigenvalue weighted by Crippen LogP contribution is -2.09. The lowest BCUT2D eigenvalue weighted by atomic mass is 10.0. The predicted molar refractivity (Wildman–Crippen MR) is 85.3 cm³/mol. The molecule has 2 aromatic heterocycles. The highest BCUT2D eigenvalue weighted by molar-refractivity contribution is 7.14. The topological polar surface area (TPSA) is 53.8 Å². The van der Waals surface area contributed by atoms with Gasteiger partial charge in [-0.25, -0.2) is 4.98 Å². The van der Waals surface area contributed by atoms with E-state index in [-0.39, 0.29) is 5.78 Å². The third kappa shape index (κ3) is 2.54. The molecular formula is C16H16N2OS2. The van der Waals surface area contributed by atoms with E-state index in [0.29, 0.717) is 5.01 Å². The van der Waals surface area contributed by atoms with Crippen LogP contribution in [0.15, 0.2) is 6.07 Å². The molecule has 1 aliphatic rings. The van der Waals surface area contributed by atoms with Gasteiger partial charge in [0.25, 0.3) is 0 Å². The molecule has 0 unspecified atom stereocenters. The van der Waals surface area contributed by atoms with Crippen molar-refractivity contribution in [3.63, 3.8) is 0 Å². The first-order valence-corrected chi connectivity index (χ1v) is 8.79. The Morgan fingerprint density at radius 2 is 2.29 bits per heavy atom. The van der Waals surface area contributed by atoms with Gasteiger partial charge in [-0.15, -0.1) is 22.7 Å². The zero-order chi connectivity index (χ0) is 15.0. The van der Waals surface area contributed by atoms with Crippen molar-refractivity contribution in [3.8, 4) is 6.07 Å². The monoisotopic (exact) mass is 316 g/mol. The molecule has 0 radical (unpaired) electrons. The first-order chi connectivity index (χ1) is 10.1. The van der Waals surface area contributed by atoms with Gasteiger partial charge >= 0.3 is 0 Å². The first kappa shape index (κ1) is 14.4. The fourth-order valence-electron chi connectivity index (χ4n) is 2.72. The number of fused-ring (bicyclic) bond motifs is 1. The number of thiazole rings is 1. The van der Waals surface area contributed by atoms with Crippen LogP contribution in [0.25, 0.3) is 0 Å². The summed E-state index contributed by atoms with van der Waals surface area (Å²) in [5.41, 5.74) is 2.29. The molecule has 0 bridgehead atoms. The summed E-state index contributed by atoms with van der Waals surface area (Å²) in [4.78, 5) is 20.3. The number of nitriles is 1. The van der Waals surface area contributed by atoms with E-state index < -0.39 is 5.92 Å². The number of thiophene rings is 1. The molecule has 5 heteroatoms. The van der Waals surface area contributed by atoms with Crippen LogP contribution < -0.4 is 0 Å². The summed E-state index contributed by atoms with van der Waals surface area (Å²) in [6, 6.07) is 4.14. The summed E-state index contributed by atoms with van der Waals surface area (Å²) in [5, 5.41) is 10.1. The smallest absolute Gasteiger partial charge is 0.196 e. The summed E-state index contributed by atoms with van der Waals surface area (Å²) < 4.78 is 0. The second-order valence-electron chi connectivity index (χ2n) is 5.25. The van der Waals surface area contributed by atoms with Crippen molar-refractivity contribution in [3.05, 3.63) is 37.0 Å². The molecule has 108 valence electrons. The number of Topliss-reactive ketones (excluding diaryl/α,β-unsaturated/α-hetero) is 1. The summed E-state index contributed by atoms with van der Waals surface area (Å²) in [6.07, 6.45) is 4.15. The number of ketones is 1. The van der Waals surface area contributed by atoms with E-state index >= 15 is 0 Å². The molecular weight excluding hydrogens is 300 g/mol. The fraction of sp³-hybridized carbons (Fsp3) is 0.438. The molecule has 3 nitrogen and oxygen atoms in total. The number of hydrogen-bond donors (Lipinski definition) is 0.